The molecular formula is C19H27N5O. The molecule has 134 valence electrons. The van der Waals surface area contributed by atoms with Gasteiger partial charge in [0.2, 0.25) is 5.91 Å². The van der Waals surface area contributed by atoms with Crippen molar-refractivity contribution in [3.05, 3.63) is 36.0 Å². The molecule has 6 heteroatoms. The molecule has 1 aromatic rings. The summed E-state index contributed by atoms with van der Waals surface area (Å²) in [4.78, 5) is 18.0. The molecule has 2 aliphatic heterocycles. The third-order valence-electron chi connectivity index (χ3n) is 4.66. The van der Waals surface area contributed by atoms with E-state index >= 15 is 0 Å². The second kappa shape index (κ2) is 8.27. The van der Waals surface area contributed by atoms with Crippen LogP contribution in [-0.4, -0.2) is 48.9 Å². The van der Waals surface area contributed by atoms with Gasteiger partial charge in [-0.3, -0.25) is 4.79 Å². The Morgan fingerprint density at radius 1 is 1.44 bits per heavy atom. The van der Waals surface area contributed by atoms with E-state index in [4.69, 9.17) is 5.73 Å². The number of unbranched alkanes of at least 4 members (excludes halogenated alkanes) is 1. The number of carbonyl (C=O) groups is 1. The molecule has 0 bridgehead atoms. The standard InChI is InChI=1S/C19H27N5O/c1-14(25)22-19-17(16-6-2-3-7-18(16)23-19)12-21-15-8-11-24(13-15)10-5-4-9-20/h2-3,6-7,12,15,21H,4-5,8-11,13,20H2,1H3,(H,22,23,25)/b17-12-. The molecule has 2 heterocycles. The Morgan fingerprint density at radius 3 is 3.08 bits per heavy atom. The highest BCUT2D eigenvalue weighted by Crippen LogP contribution is 2.31. The van der Waals surface area contributed by atoms with Crippen LogP contribution in [0.5, 0.6) is 0 Å². The van der Waals surface area contributed by atoms with Crippen LogP contribution in [0.4, 0.5) is 5.69 Å². The molecule has 25 heavy (non-hydrogen) atoms. The molecule has 0 saturated carbocycles. The van der Waals surface area contributed by atoms with Crippen LogP contribution in [0.2, 0.25) is 0 Å². The summed E-state index contributed by atoms with van der Waals surface area (Å²) in [5.41, 5.74) is 8.58. The van der Waals surface area contributed by atoms with Crippen molar-refractivity contribution >= 4 is 23.0 Å². The van der Waals surface area contributed by atoms with Crippen molar-refractivity contribution in [1.82, 2.24) is 10.2 Å². The van der Waals surface area contributed by atoms with E-state index < -0.39 is 0 Å². The molecule has 1 fully saturated rings. The Morgan fingerprint density at radius 2 is 2.28 bits per heavy atom. The molecule has 0 aromatic heterocycles. The quantitative estimate of drug-likeness (QED) is 0.687. The minimum absolute atomic E-state index is 0.201. The van der Waals surface area contributed by atoms with E-state index in [1.54, 1.807) is 0 Å². The molecule has 1 unspecified atom stereocenters. The van der Waals surface area contributed by atoms with E-state index in [0.29, 0.717) is 11.9 Å². The van der Waals surface area contributed by atoms with E-state index in [0.717, 1.165) is 62.3 Å². The van der Waals surface area contributed by atoms with Crippen molar-refractivity contribution in [2.75, 3.05) is 31.5 Å². The van der Waals surface area contributed by atoms with Gasteiger partial charge >= 0.3 is 0 Å². The summed E-state index contributed by atoms with van der Waals surface area (Å²) in [6, 6.07) is 8.45. The number of nitrogens with two attached hydrogens (primary N) is 1. The van der Waals surface area contributed by atoms with Crippen molar-refractivity contribution in [2.45, 2.75) is 32.2 Å². The highest BCUT2D eigenvalue weighted by Gasteiger charge is 2.24. The number of anilines is 1. The Labute approximate surface area is 149 Å². The Bertz CT molecular complexity index is 682. The number of para-hydroxylation sites is 1. The summed E-state index contributed by atoms with van der Waals surface area (Å²) in [5, 5.41) is 6.76. The fourth-order valence-electron chi connectivity index (χ4n) is 3.39. The minimum Gasteiger partial charge on any atom is -0.386 e. The highest BCUT2D eigenvalue weighted by atomic mass is 16.1. The largest absolute Gasteiger partial charge is 0.386 e. The zero-order valence-electron chi connectivity index (χ0n) is 14.8. The first-order valence-electron chi connectivity index (χ1n) is 9.02. The fourth-order valence-corrected chi connectivity index (χ4v) is 3.39. The molecule has 0 spiro atoms. The van der Waals surface area contributed by atoms with Gasteiger partial charge < -0.3 is 21.3 Å². The van der Waals surface area contributed by atoms with Gasteiger partial charge in [0.25, 0.3) is 0 Å². The lowest BCUT2D eigenvalue weighted by atomic mass is 10.1. The third kappa shape index (κ3) is 4.46. The number of fused-ring (bicyclic) bond motifs is 1. The van der Waals surface area contributed by atoms with Gasteiger partial charge in [-0.2, -0.15) is 4.99 Å². The van der Waals surface area contributed by atoms with Crippen molar-refractivity contribution < 1.29 is 4.79 Å². The number of nitrogens with one attached hydrogen (secondary N) is 2. The number of aliphatic imine (C=N–C) groups is 1. The van der Waals surface area contributed by atoms with Gasteiger partial charge in [-0.25, -0.2) is 0 Å². The number of amides is 1. The number of likely N-dealkylation sites (tertiary alicyclic amines) is 1. The van der Waals surface area contributed by atoms with Crippen LogP contribution in [-0.2, 0) is 4.79 Å². The number of nitrogens with zero attached hydrogens (tertiary/aromatic N) is 2. The molecule has 1 saturated heterocycles. The zero-order valence-corrected chi connectivity index (χ0v) is 14.8. The molecular weight excluding hydrogens is 314 g/mol. The van der Waals surface area contributed by atoms with Crippen LogP contribution in [0.25, 0.3) is 5.57 Å². The normalized spacial score (nSPS) is 23.0. The Kier molecular flexibility index (Phi) is 5.83. The van der Waals surface area contributed by atoms with E-state index in [1.807, 2.05) is 30.5 Å². The van der Waals surface area contributed by atoms with Crippen LogP contribution in [0, 0.1) is 0 Å². The van der Waals surface area contributed by atoms with Gasteiger partial charge in [0.1, 0.15) is 5.84 Å². The minimum atomic E-state index is -0.201. The first-order valence-corrected chi connectivity index (χ1v) is 9.02. The average Bonchev–Trinajstić information content (AvgIpc) is 3.17. The molecule has 1 atom stereocenters. The second-order valence-corrected chi connectivity index (χ2v) is 6.66. The molecule has 0 radical (unpaired) electrons. The third-order valence-corrected chi connectivity index (χ3v) is 4.66. The number of amidine groups is 1. The Hall–Kier alpha value is -2.18. The first-order chi connectivity index (χ1) is 12.2. The maximum Gasteiger partial charge on any atom is 0.244 e. The van der Waals surface area contributed by atoms with Crippen LogP contribution in [0.1, 0.15) is 31.7 Å². The van der Waals surface area contributed by atoms with Crippen LogP contribution in [0.15, 0.2) is 35.5 Å². The van der Waals surface area contributed by atoms with Gasteiger partial charge in [0, 0.05) is 49.1 Å². The Balaban J connectivity index is 1.66. The van der Waals surface area contributed by atoms with Gasteiger partial charge in [-0.15, -0.1) is 0 Å². The predicted molar refractivity (Wildman–Crippen MR) is 102 cm³/mol. The first kappa shape index (κ1) is 17.6. The van der Waals surface area contributed by atoms with Crippen molar-refractivity contribution in [3.63, 3.8) is 0 Å². The van der Waals surface area contributed by atoms with Gasteiger partial charge in [0.05, 0.1) is 0 Å². The molecule has 0 aliphatic carbocycles. The molecule has 6 nitrogen and oxygen atoms in total. The van der Waals surface area contributed by atoms with E-state index in [1.165, 1.54) is 6.92 Å². The van der Waals surface area contributed by atoms with Gasteiger partial charge in [-0.1, -0.05) is 18.2 Å². The molecule has 4 N–H and O–H groups in total. The lowest BCUT2D eigenvalue weighted by Crippen LogP contribution is -2.30. The summed E-state index contributed by atoms with van der Waals surface area (Å²) in [6.07, 6.45) is 5.39. The van der Waals surface area contributed by atoms with Crippen molar-refractivity contribution in [2.24, 2.45) is 10.7 Å². The van der Waals surface area contributed by atoms with Gasteiger partial charge in [0.15, 0.2) is 0 Å². The van der Waals surface area contributed by atoms with Crippen molar-refractivity contribution in [3.8, 4) is 0 Å². The van der Waals surface area contributed by atoms with Crippen LogP contribution >= 0.6 is 0 Å². The number of rotatable bonds is 6. The maximum absolute atomic E-state index is 11.4. The molecule has 2 aliphatic rings. The highest BCUT2D eigenvalue weighted by molar-refractivity contribution is 6.35. The predicted octanol–water partition coefficient (Wildman–Crippen LogP) is 1.80. The lowest BCUT2D eigenvalue weighted by molar-refractivity contribution is -0.115. The summed E-state index contributed by atoms with van der Waals surface area (Å²) >= 11 is 0. The number of benzene rings is 1. The van der Waals surface area contributed by atoms with Crippen LogP contribution in [0.3, 0.4) is 0 Å². The maximum atomic E-state index is 11.4. The molecule has 3 rings (SSSR count). The van der Waals surface area contributed by atoms with Crippen molar-refractivity contribution in [1.29, 1.82) is 0 Å². The number of hydrogen-bond acceptors (Lipinski definition) is 4. The summed E-state index contributed by atoms with van der Waals surface area (Å²) in [7, 11) is 0. The molecule has 1 aromatic carbocycles. The van der Waals surface area contributed by atoms with E-state index in [2.05, 4.69) is 20.5 Å². The summed E-state index contributed by atoms with van der Waals surface area (Å²) < 4.78 is 0. The number of hydrogen-bond donors (Lipinski definition) is 3. The monoisotopic (exact) mass is 341 g/mol. The zero-order chi connectivity index (χ0) is 17.6. The smallest absolute Gasteiger partial charge is 0.244 e. The SMILES string of the molecule is CC(=O)/N=C1/Nc2ccccc2/C1=C/NC1CCN(CCCCN)C1. The fraction of sp³-hybridized carbons (Fsp3) is 0.474. The number of carbonyl (C=O) groups excluding carboxylic acids is 1. The summed E-state index contributed by atoms with van der Waals surface area (Å²) in [5.74, 6) is 0.423. The van der Waals surface area contributed by atoms with E-state index in [-0.39, 0.29) is 5.91 Å². The van der Waals surface area contributed by atoms with Crippen LogP contribution < -0.4 is 16.4 Å². The lowest BCUT2D eigenvalue weighted by Gasteiger charge is -2.16. The van der Waals surface area contributed by atoms with E-state index in [9.17, 15) is 4.79 Å². The average molecular weight is 341 g/mol. The molecule has 1 amide bonds. The van der Waals surface area contributed by atoms with Gasteiger partial charge in [-0.05, 0) is 38.4 Å². The second-order valence-electron chi connectivity index (χ2n) is 6.66. The summed E-state index contributed by atoms with van der Waals surface area (Å²) in [6.45, 7) is 5.52. The topological polar surface area (TPSA) is 82.8 Å².